The number of nitrogens with zero attached hydrogens (tertiary/aromatic N) is 2. The van der Waals surface area contributed by atoms with Crippen LogP contribution in [0.2, 0.25) is 0 Å². The van der Waals surface area contributed by atoms with Gasteiger partial charge in [-0.05, 0) is 31.0 Å². The van der Waals surface area contributed by atoms with Gasteiger partial charge < -0.3 is 16.2 Å². The molecule has 0 unspecified atom stereocenters. The molecule has 0 spiro atoms. The average Bonchev–Trinajstić information content (AvgIpc) is 2.28. The van der Waals surface area contributed by atoms with Gasteiger partial charge in [0.15, 0.2) is 0 Å². The lowest BCUT2D eigenvalue weighted by Gasteiger charge is -2.32. The Balaban J connectivity index is 1.95. The number of aliphatic hydroxyl groups is 1. The van der Waals surface area contributed by atoms with Crippen LogP contribution >= 0.6 is 0 Å². The number of nitrogens with one attached hydrogen (secondary N) is 1. The number of rotatable bonds is 2. The summed E-state index contributed by atoms with van der Waals surface area (Å²) in [6.07, 6.45) is 2.91. The fourth-order valence-corrected chi connectivity index (χ4v) is 2.09. The molecule has 5 heteroatoms. The highest BCUT2D eigenvalue weighted by molar-refractivity contribution is 5.91. The highest BCUT2D eigenvalue weighted by Crippen LogP contribution is 2.27. The quantitative estimate of drug-likeness (QED) is 0.674. The zero-order chi connectivity index (χ0) is 11.8. The van der Waals surface area contributed by atoms with Gasteiger partial charge in [0.1, 0.15) is 12.1 Å². The molecule has 0 amide bonds. The van der Waals surface area contributed by atoms with Crippen molar-refractivity contribution in [3.05, 3.63) is 24.5 Å². The topological polar surface area (TPSA) is 84.1 Å². The van der Waals surface area contributed by atoms with E-state index in [1.165, 1.54) is 6.33 Å². The first-order valence-electron chi connectivity index (χ1n) is 5.67. The normalized spacial score (nSPS) is 23.4. The molecular weight excluding hydrogens is 216 g/mol. The molecule has 0 atom stereocenters. The van der Waals surface area contributed by atoms with Crippen molar-refractivity contribution < 1.29 is 5.11 Å². The number of nitrogen functional groups attached to an aromatic ring is 1. The second-order valence-electron chi connectivity index (χ2n) is 4.47. The molecule has 1 aliphatic rings. The molecule has 0 bridgehead atoms. The summed E-state index contributed by atoms with van der Waals surface area (Å²) in [6.45, 7) is 0. The maximum absolute atomic E-state index is 9.26. The van der Waals surface area contributed by atoms with Crippen LogP contribution < -0.4 is 11.1 Å². The number of anilines is 2. The van der Waals surface area contributed by atoms with Crippen LogP contribution in [0, 0.1) is 0 Å². The number of nitrogens with two attached hydrogens (primary N) is 1. The molecule has 1 aromatic carbocycles. The lowest BCUT2D eigenvalue weighted by Crippen LogP contribution is -2.39. The number of fused-ring (bicyclic) bond motifs is 1. The van der Waals surface area contributed by atoms with E-state index in [1.807, 2.05) is 18.2 Å². The molecule has 17 heavy (non-hydrogen) atoms. The minimum Gasteiger partial charge on any atom is -0.399 e. The SMILES string of the molecule is Nc1ccc2ncnc(NC3CC(O)C3)c2c1. The molecule has 88 valence electrons. The van der Waals surface area contributed by atoms with Crippen molar-refractivity contribution >= 4 is 22.4 Å². The summed E-state index contributed by atoms with van der Waals surface area (Å²) >= 11 is 0. The Labute approximate surface area is 98.7 Å². The van der Waals surface area contributed by atoms with E-state index >= 15 is 0 Å². The van der Waals surface area contributed by atoms with Gasteiger partial charge in [0, 0.05) is 17.1 Å². The van der Waals surface area contributed by atoms with Gasteiger partial charge >= 0.3 is 0 Å². The minimum absolute atomic E-state index is 0.175. The van der Waals surface area contributed by atoms with E-state index in [2.05, 4.69) is 15.3 Å². The van der Waals surface area contributed by atoms with Gasteiger partial charge in [0.2, 0.25) is 0 Å². The smallest absolute Gasteiger partial charge is 0.137 e. The van der Waals surface area contributed by atoms with Crippen LogP contribution in [-0.2, 0) is 0 Å². The lowest BCUT2D eigenvalue weighted by atomic mass is 9.89. The van der Waals surface area contributed by atoms with E-state index in [0.717, 1.165) is 29.6 Å². The van der Waals surface area contributed by atoms with Gasteiger partial charge in [-0.15, -0.1) is 0 Å². The summed E-state index contributed by atoms with van der Waals surface area (Å²) < 4.78 is 0. The summed E-state index contributed by atoms with van der Waals surface area (Å²) in [5.74, 6) is 0.791. The third kappa shape index (κ3) is 1.89. The van der Waals surface area contributed by atoms with Gasteiger partial charge in [-0.25, -0.2) is 9.97 Å². The molecule has 1 aliphatic carbocycles. The molecule has 4 N–H and O–H groups in total. The Morgan fingerprint density at radius 2 is 2.12 bits per heavy atom. The largest absolute Gasteiger partial charge is 0.399 e. The standard InChI is InChI=1S/C12H14N4O/c13-7-1-2-11-10(3-7)12(15-6-14-11)16-8-4-9(17)5-8/h1-3,6,8-9,17H,4-5,13H2,(H,14,15,16). The van der Waals surface area contributed by atoms with Gasteiger partial charge in [-0.2, -0.15) is 0 Å². The van der Waals surface area contributed by atoms with Crippen LogP contribution in [0.4, 0.5) is 11.5 Å². The van der Waals surface area contributed by atoms with Gasteiger partial charge in [0.25, 0.3) is 0 Å². The number of hydrogen-bond acceptors (Lipinski definition) is 5. The first kappa shape index (κ1) is 10.3. The zero-order valence-electron chi connectivity index (χ0n) is 9.30. The van der Waals surface area contributed by atoms with Crippen molar-refractivity contribution in [1.82, 2.24) is 9.97 Å². The molecule has 0 aliphatic heterocycles. The number of aromatic nitrogens is 2. The highest BCUT2D eigenvalue weighted by Gasteiger charge is 2.27. The van der Waals surface area contributed by atoms with Crippen LogP contribution in [-0.4, -0.2) is 27.2 Å². The Hall–Kier alpha value is -1.88. The predicted molar refractivity (Wildman–Crippen MR) is 66.6 cm³/mol. The Kier molecular flexibility index (Phi) is 2.33. The van der Waals surface area contributed by atoms with E-state index in [-0.39, 0.29) is 6.10 Å². The number of aliphatic hydroxyl groups excluding tert-OH is 1. The molecule has 0 saturated heterocycles. The fourth-order valence-electron chi connectivity index (χ4n) is 2.09. The molecule has 1 heterocycles. The van der Waals surface area contributed by atoms with Crippen LogP contribution in [0.5, 0.6) is 0 Å². The van der Waals surface area contributed by atoms with E-state index in [0.29, 0.717) is 11.7 Å². The maximum atomic E-state index is 9.26. The maximum Gasteiger partial charge on any atom is 0.137 e. The van der Waals surface area contributed by atoms with E-state index in [4.69, 9.17) is 5.73 Å². The van der Waals surface area contributed by atoms with Crippen molar-refractivity contribution in [2.75, 3.05) is 11.1 Å². The number of benzene rings is 1. The molecule has 1 aromatic heterocycles. The second-order valence-corrected chi connectivity index (χ2v) is 4.47. The third-order valence-corrected chi connectivity index (χ3v) is 3.11. The summed E-state index contributed by atoms with van der Waals surface area (Å²) in [6, 6.07) is 5.87. The molecular formula is C12H14N4O. The van der Waals surface area contributed by atoms with Gasteiger partial charge in [-0.1, -0.05) is 0 Å². The monoisotopic (exact) mass is 230 g/mol. The number of hydrogen-bond donors (Lipinski definition) is 3. The zero-order valence-corrected chi connectivity index (χ0v) is 9.30. The molecule has 3 rings (SSSR count). The van der Waals surface area contributed by atoms with Crippen molar-refractivity contribution in [3.63, 3.8) is 0 Å². The Morgan fingerprint density at radius 1 is 1.29 bits per heavy atom. The van der Waals surface area contributed by atoms with Crippen LogP contribution in [0.1, 0.15) is 12.8 Å². The molecule has 5 nitrogen and oxygen atoms in total. The van der Waals surface area contributed by atoms with Gasteiger partial charge in [-0.3, -0.25) is 0 Å². The van der Waals surface area contributed by atoms with Crippen LogP contribution in [0.3, 0.4) is 0 Å². The van der Waals surface area contributed by atoms with Crippen molar-refractivity contribution in [1.29, 1.82) is 0 Å². The molecule has 2 aromatic rings. The fraction of sp³-hybridized carbons (Fsp3) is 0.333. The van der Waals surface area contributed by atoms with Gasteiger partial charge in [0.05, 0.1) is 11.6 Å². The van der Waals surface area contributed by atoms with E-state index in [1.54, 1.807) is 0 Å². The van der Waals surface area contributed by atoms with Crippen LogP contribution in [0.25, 0.3) is 10.9 Å². The summed E-state index contributed by atoms with van der Waals surface area (Å²) in [5, 5.41) is 13.5. The minimum atomic E-state index is -0.175. The predicted octanol–water partition coefficient (Wildman–Crippen LogP) is 1.15. The summed E-state index contributed by atoms with van der Waals surface area (Å²) in [5.41, 5.74) is 7.34. The summed E-state index contributed by atoms with van der Waals surface area (Å²) in [7, 11) is 0. The third-order valence-electron chi connectivity index (χ3n) is 3.11. The molecule has 1 saturated carbocycles. The highest BCUT2D eigenvalue weighted by atomic mass is 16.3. The Bertz CT molecular complexity index is 551. The van der Waals surface area contributed by atoms with E-state index in [9.17, 15) is 5.11 Å². The first-order chi connectivity index (χ1) is 8.22. The average molecular weight is 230 g/mol. The molecule has 0 radical (unpaired) electrons. The molecule has 1 fully saturated rings. The lowest BCUT2D eigenvalue weighted by molar-refractivity contribution is 0.0836. The first-order valence-corrected chi connectivity index (χ1v) is 5.67. The van der Waals surface area contributed by atoms with Crippen LogP contribution in [0.15, 0.2) is 24.5 Å². The Morgan fingerprint density at radius 3 is 2.88 bits per heavy atom. The van der Waals surface area contributed by atoms with E-state index < -0.39 is 0 Å². The summed E-state index contributed by atoms with van der Waals surface area (Å²) in [4.78, 5) is 8.43. The van der Waals surface area contributed by atoms with Crippen molar-refractivity contribution in [3.8, 4) is 0 Å². The van der Waals surface area contributed by atoms with Crippen molar-refractivity contribution in [2.45, 2.75) is 25.0 Å². The van der Waals surface area contributed by atoms with Crippen molar-refractivity contribution in [2.24, 2.45) is 0 Å². The second kappa shape index (κ2) is 3.85.